The molecule has 1 aliphatic rings. The molecule has 3 N–H and O–H groups in total. The van der Waals surface area contributed by atoms with Crippen LogP contribution >= 0.6 is 0 Å². The minimum absolute atomic E-state index is 0.00353. The van der Waals surface area contributed by atoms with E-state index in [1.165, 1.54) is 7.11 Å². The summed E-state index contributed by atoms with van der Waals surface area (Å²) in [6, 6.07) is 8.29. The summed E-state index contributed by atoms with van der Waals surface area (Å²) in [5.74, 6) is 0. The topological polar surface area (TPSA) is 67.6 Å². The van der Waals surface area contributed by atoms with Crippen LogP contribution in [0.15, 0.2) is 24.3 Å². The van der Waals surface area contributed by atoms with Gasteiger partial charge in [0, 0.05) is 24.8 Å². The number of carbonyl (C=O) groups is 1. The first-order valence-corrected chi connectivity index (χ1v) is 6.55. The van der Waals surface area contributed by atoms with E-state index in [0.717, 1.165) is 30.8 Å². The van der Waals surface area contributed by atoms with Gasteiger partial charge in [0.1, 0.15) is 0 Å². The van der Waals surface area contributed by atoms with Crippen molar-refractivity contribution in [3.05, 3.63) is 29.8 Å². The van der Waals surface area contributed by atoms with Gasteiger partial charge in [-0.2, -0.15) is 0 Å². The second-order valence-electron chi connectivity index (χ2n) is 4.92. The SMILES string of the molecule is COC(=O)NC1CCN(c2ccccc2C(C)N)C1. The quantitative estimate of drug-likeness (QED) is 0.870. The van der Waals surface area contributed by atoms with Gasteiger partial charge in [-0.3, -0.25) is 0 Å². The van der Waals surface area contributed by atoms with Crippen molar-refractivity contribution in [3.63, 3.8) is 0 Å². The second kappa shape index (κ2) is 5.93. The molecule has 5 nitrogen and oxygen atoms in total. The van der Waals surface area contributed by atoms with Gasteiger partial charge in [0.2, 0.25) is 0 Å². The average molecular weight is 263 g/mol. The molecule has 0 spiro atoms. The molecule has 1 fully saturated rings. The lowest BCUT2D eigenvalue weighted by molar-refractivity contribution is 0.167. The molecule has 104 valence electrons. The molecule has 1 heterocycles. The monoisotopic (exact) mass is 263 g/mol. The molecule has 2 atom stereocenters. The molecule has 0 aromatic heterocycles. The number of amides is 1. The maximum atomic E-state index is 11.2. The Morgan fingerprint density at radius 3 is 2.95 bits per heavy atom. The summed E-state index contributed by atoms with van der Waals surface area (Å²) in [5.41, 5.74) is 8.30. The summed E-state index contributed by atoms with van der Waals surface area (Å²) < 4.78 is 4.63. The van der Waals surface area contributed by atoms with Crippen molar-refractivity contribution in [2.24, 2.45) is 5.73 Å². The number of benzene rings is 1. The van der Waals surface area contributed by atoms with Crippen LogP contribution in [0.3, 0.4) is 0 Å². The number of nitrogens with two attached hydrogens (primary N) is 1. The van der Waals surface area contributed by atoms with Crippen molar-refractivity contribution in [2.45, 2.75) is 25.4 Å². The molecule has 0 aliphatic carbocycles. The number of anilines is 1. The van der Waals surface area contributed by atoms with E-state index < -0.39 is 0 Å². The van der Waals surface area contributed by atoms with E-state index in [2.05, 4.69) is 27.1 Å². The highest BCUT2D eigenvalue weighted by Crippen LogP contribution is 2.27. The van der Waals surface area contributed by atoms with Gasteiger partial charge < -0.3 is 20.7 Å². The van der Waals surface area contributed by atoms with Crippen LogP contribution in [0.4, 0.5) is 10.5 Å². The zero-order valence-electron chi connectivity index (χ0n) is 11.4. The number of nitrogens with zero attached hydrogens (tertiary/aromatic N) is 1. The molecule has 2 unspecified atom stereocenters. The van der Waals surface area contributed by atoms with E-state index >= 15 is 0 Å². The lowest BCUT2D eigenvalue weighted by atomic mass is 10.1. The lowest BCUT2D eigenvalue weighted by Gasteiger charge is -2.23. The molecule has 1 aromatic carbocycles. The Labute approximate surface area is 113 Å². The number of methoxy groups -OCH3 is 1. The fourth-order valence-electron chi connectivity index (χ4n) is 2.48. The first-order valence-electron chi connectivity index (χ1n) is 6.55. The van der Waals surface area contributed by atoms with Crippen LogP contribution in [0.5, 0.6) is 0 Å². The fourth-order valence-corrected chi connectivity index (χ4v) is 2.48. The van der Waals surface area contributed by atoms with Crippen molar-refractivity contribution in [1.29, 1.82) is 0 Å². The molecule has 0 saturated carbocycles. The molecule has 19 heavy (non-hydrogen) atoms. The van der Waals surface area contributed by atoms with Gasteiger partial charge in [0.05, 0.1) is 13.2 Å². The highest BCUT2D eigenvalue weighted by molar-refractivity contribution is 5.67. The zero-order valence-corrected chi connectivity index (χ0v) is 11.4. The minimum atomic E-state index is -0.368. The smallest absolute Gasteiger partial charge is 0.407 e. The maximum Gasteiger partial charge on any atom is 0.407 e. The number of hydrogen-bond donors (Lipinski definition) is 2. The highest BCUT2D eigenvalue weighted by atomic mass is 16.5. The Morgan fingerprint density at radius 1 is 1.53 bits per heavy atom. The Balaban J connectivity index is 2.06. The van der Waals surface area contributed by atoms with Crippen LogP contribution in [0.1, 0.15) is 24.9 Å². The van der Waals surface area contributed by atoms with Gasteiger partial charge in [0.25, 0.3) is 0 Å². The molecular weight excluding hydrogens is 242 g/mol. The van der Waals surface area contributed by atoms with E-state index in [1.54, 1.807) is 0 Å². The Kier molecular flexibility index (Phi) is 4.27. The van der Waals surface area contributed by atoms with Gasteiger partial charge in [0.15, 0.2) is 0 Å². The van der Waals surface area contributed by atoms with Crippen LogP contribution in [-0.2, 0) is 4.74 Å². The van der Waals surface area contributed by atoms with Crippen molar-refractivity contribution >= 4 is 11.8 Å². The molecule has 0 radical (unpaired) electrons. The standard InChI is InChI=1S/C14H21N3O2/c1-10(15)12-5-3-4-6-13(12)17-8-7-11(9-17)16-14(18)19-2/h3-6,10-11H,7-9,15H2,1-2H3,(H,16,18). The van der Waals surface area contributed by atoms with Gasteiger partial charge >= 0.3 is 6.09 Å². The summed E-state index contributed by atoms with van der Waals surface area (Å²) >= 11 is 0. The average Bonchev–Trinajstić information content (AvgIpc) is 2.86. The fraction of sp³-hybridized carbons (Fsp3) is 0.500. The van der Waals surface area contributed by atoms with E-state index in [9.17, 15) is 4.79 Å². The number of rotatable bonds is 3. The third-order valence-electron chi connectivity index (χ3n) is 3.46. The Morgan fingerprint density at radius 2 is 2.26 bits per heavy atom. The summed E-state index contributed by atoms with van der Waals surface area (Å²) in [5, 5.41) is 2.84. The van der Waals surface area contributed by atoms with Crippen molar-refractivity contribution < 1.29 is 9.53 Å². The van der Waals surface area contributed by atoms with Crippen LogP contribution < -0.4 is 16.0 Å². The molecule has 0 bridgehead atoms. The van der Waals surface area contributed by atoms with Crippen molar-refractivity contribution in [1.82, 2.24) is 5.32 Å². The molecule has 1 aromatic rings. The Hall–Kier alpha value is -1.75. The zero-order chi connectivity index (χ0) is 13.8. The van der Waals surface area contributed by atoms with Crippen LogP contribution in [0, 0.1) is 0 Å². The first-order chi connectivity index (χ1) is 9.11. The van der Waals surface area contributed by atoms with E-state index in [0.29, 0.717) is 0 Å². The molecular formula is C14H21N3O2. The molecule has 5 heteroatoms. The number of para-hydroxylation sites is 1. The van der Waals surface area contributed by atoms with Crippen LogP contribution in [-0.4, -0.2) is 32.3 Å². The Bertz CT molecular complexity index is 448. The number of carbonyl (C=O) groups excluding carboxylic acids is 1. The van der Waals surface area contributed by atoms with Crippen molar-refractivity contribution in [2.75, 3.05) is 25.1 Å². The van der Waals surface area contributed by atoms with Gasteiger partial charge in [-0.1, -0.05) is 18.2 Å². The largest absolute Gasteiger partial charge is 0.453 e. The number of alkyl carbamates (subject to hydrolysis) is 1. The lowest BCUT2D eigenvalue weighted by Crippen LogP contribution is -2.37. The third kappa shape index (κ3) is 3.17. The third-order valence-corrected chi connectivity index (χ3v) is 3.46. The molecule has 1 saturated heterocycles. The molecule has 1 amide bonds. The summed E-state index contributed by atoms with van der Waals surface area (Å²) in [6.45, 7) is 3.69. The summed E-state index contributed by atoms with van der Waals surface area (Å²) in [6.07, 6.45) is 0.551. The number of ether oxygens (including phenoxy) is 1. The van der Waals surface area contributed by atoms with Gasteiger partial charge in [-0.15, -0.1) is 0 Å². The molecule has 1 aliphatic heterocycles. The van der Waals surface area contributed by atoms with Gasteiger partial charge in [-0.05, 0) is 25.0 Å². The van der Waals surface area contributed by atoms with Crippen LogP contribution in [0.25, 0.3) is 0 Å². The number of nitrogens with one attached hydrogen (secondary N) is 1. The summed E-state index contributed by atoms with van der Waals surface area (Å²) in [7, 11) is 1.38. The van der Waals surface area contributed by atoms with E-state index in [4.69, 9.17) is 5.73 Å². The minimum Gasteiger partial charge on any atom is -0.453 e. The normalized spacial score (nSPS) is 20.2. The molecule has 2 rings (SSSR count). The van der Waals surface area contributed by atoms with Crippen molar-refractivity contribution in [3.8, 4) is 0 Å². The maximum absolute atomic E-state index is 11.2. The van der Waals surface area contributed by atoms with Gasteiger partial charge in [-0.25, -0.2) is 4.79 Å². The predicted molar refractivity (Wildman–Crippen MR) is 75.2 cm³/mol. The number of hydrogen-bond acceptors (Lipinski definition) is 4. The van der Waals surface area contributed by atoms with E-state index in [1.807, 2.05) is 19.1 Å². The second-order valence-corrected chi connectivity index (χ2v) is 4.92. The van der Waals surface area contributed by atoms with Crippen LogP contribution in [0.2, 0.25) is 0 Å². The first kappa shape index (κ1) is 13.7. The highest BCUT2D eigenvalue weighted by Gasteiger charge is 2.25. The van der Waals surface area contributed by atoms with E-state index in [-0.39, 0.29) is 18.2 Å². The predicted octanol–water partition coefficient (Wildman–Crippen LogP) is 1.64. The summed E-state index contributed by atoms with van der Waals surface area (Å²) in [4.78, 5) is 13.5.